The lowest BCUT2D eigenvalue weighted by molar-refractivity contribution is -0.144. The second-order valence-electron chi connectivity index (χ2n) is 2.09. The van der Waals surface area contributed by atoms with Crippen LogP contribution in [-0.4, -0.2) is 24.6 Å². The maximum Gasteiger partial charge on any atom is 0.329 e. The number of hydrazine groups is 1. The summed E-state index contributed by atoms with van der Waals surface area (Å²) < 4.78 is 4.63. The molecular weight excluding hydrogens is 162 g/mol. The van der Waals surface area contributed by atoms with Crippen LogP contribution in [0.2, 0.25) is 0 Å². The summed E-state index contributed by atoms with van der Waals surface area (Å²) in [6.45, 7) is 3.48. The Morgan fingerprint density at radius 1 is 1.58 bits per heavy atom. The number of amides is 2. The highest BCUT2D eigenvalue weighted by molar-refractivity contribution is 5.82. The minimum Gasteiger partial charge on any atom is -0.464 e. The van der Waals surface area contributed by atoms with Crippen LogP contribution < -0.4 is 16.6 Å². The van der Waals surface area contributed by atoms with Crippen molar-refractivity contribution in [1.82, 2.24) is 10.7 Å². The number of ether oxygens (including phenoxy) is 1. The number of esters is 1. The van der Waals surface area contributed by atoms with Gasteiger partial charge in [-0.1, -0.05) is 0 Å². The van der Waals surface area contributed by atoms with Gasteiger partial charge in [-0.3, -0.25) is 5.43 Å². The molecule has 0 heterocycles. The van der Waals surface area contributed by atoms with Gasteiger partial charge >= 0.3 is 12.0 Å². The van der Waals surface area contributed by atoms with Crippen LogP contribution in [0.25, 0.3) is 0 Å². The number of rotatable bonds is 3. The molecule has 12 heavy (non-hydrogen) atoms. The maximum absolute atomic E-state index is 10.9. The van der Waals surface area contributed by atoms with Gasteiger partial charge in [0.15, 0.2) is 0 Å². The summed E-state index contributed by atoms with van der Waals surface area (Å²) in [5.41, 5.74) is 1.84. The van der Waals surface area contributed by atoms with Crippen LogP contribution >= 0.6 is 0 Å². The van der Waals surface area contributed by atoms with Gasteiger partial charge < -0.3 is 10.1 Å². The zero-order chi connectivity index (χ0) is 9.56. The van der Waals surface area contributed by atoms with Gasteiger partial charge in [-0.05, 0) is 13.8 Å². The Morgan fingerprint density at radius 3 is 2.58 bits per heavy atom. The quantitative estimate of drug-likeness (QED) is 0.224. The van der Waals surface area contributed by atoms with Crippen LogP contribution in [0.1, 0.15) is 13.8 Å². The first-order valence-electron chi connectivity index (χ1n) is 3.55. The summed E-state index contributed by atoms with van der Waals surface area (Å²) in [5, 5.41) is 2.26. The molecule has 2 amide bonds. The minimum absolute atomic E-state index is 0.287. The molecule has 0 aliphatic carbocycles. The molecule has 1 atom stereocenters. The molecule has 0 saturated carbocycles. The van der Waals surface area contributed by atoms with Gasteiger partial charge in [0.05, 0.1) is 6.61 Å². The summed E-state index contributed by atoms with van der Waals surface area (Å²) in [6.07, 6.45) is 0. The highest BCUT2D eigenvalue weighted by atomic mass is 16.5. The normalized spacial score (nSPS) is 11.6. The highest BCUT2D eigenvalue weighted by Gasteiger charge is 2.15. The third-order valence-electron chi connectivity index (χ3n) is 1.12. The molecule has 6 heteroatoms. The van der Waals surface area contributed by atoms with Gasteiger partial charge in [0.2, 0.25) is 0 Å². The standard InChI is InChI=1S/C6H13N3O3/c1-3-12-5(10)4(2)8-6(11)9-7/h4H,3,7H2,1-2H3,(H2,8,9,11). The fourth-order valence-corrected chi connectivity index (χ4v) is 0.564. The minimum atomic E-state index is -0.687. The molecular formula is C6H13N3O3. The topological polar surface area (TPSA) is 93.4 Å². The number of nitrogens with two attached hydrogens (primary N) is 1. The lowest BCUT2D eigenvalue weighted by atomic mass is 10.3. The second-order valence-corrected chi connectivity index (χ2v) is 2.09. The predicted octanol–water partition coefficient (Wildman–Crippen LogP) is -0.889. The molecule has 6 nitrogen and oxygen atoms in total. The molecule has 0 saturated heterocycles. The third kappa shape index (κ3) is 3.77. The van der Waals surface area contributed by atoms with E-state index in [1.165, 1.54) is 6.92 Å². The van der Waals surface area contributed by atoms with E-state index in [0.29, 0.717) is 0 Å². The van der Waals surface area contributed by atoms with E-state index in [1.54, 1.807) is 6.92 Å². The van der Waals surface area contributed by atoms with Crippen LogP contribution in [0.5, 0.6) is 0 Å². The van der Waals surface area contributed by atoms with E-state index in [1.807, 2.05) is 5.43 Å². The SMILES string of the molecule is CCOC(=O)C(C)NC(=O)NN. The molecule has 0 aliphatic rings. The highest BCUT2D eigenvalue weighted by Crippen LogP contribution is 1.86. The number of carbonyl (C=O) groups is 2. The zero-order valence-corrected chi connectivity index (χ0v) is 7.09. The first-order chi connectivity index (χ1) is 5.61. The van der Waals surface area contributed by atoms with Crippen molar-refractivity contribution in [1.29, 1.82) is 0 Å². The summed E-state index contributed by atoms with van der Waals surface area (Å²) in [5.74, 6) is 4.30. The Balaban J connectivity index is 3.78. The molecule has 4 N–H and O–H groups in total. The average molecular weight is 175 g/mol. The number of hydrogen-bond donors (Lipinski definition) is 3. The van der Waals surface area contributed by atoms with Crippen LogP contribution in [0.3, 0.4) is 0 Å². The second kappa shape index (κ2) is 5.36. The van der Waals surface area contributed by atoms with Crippen molar-refractivity contribution >= 4 is 12.0 Å². The molecule has 0 aliphatic heterocycles. The third-order valence-corrected chi connectivity index (χ3v) is 1.12. The van der Waals surface area contributed by atoms with Gasteiger partial charge in [-0.2, -0.15) is 0 Å². The predicted molar refractivity (Wildman–Crippen MR) is 41.9 cm³/mol. The summed E-state index contributed by atoms with van der Waals surface area (Å²) in [4.78, 5) is 21.5. The Bertz CT molecular complexity index is 171. The molecule has 0 aromatic carbocycles. The molecule has 0 rings (SSSR count). The molecule has 0 aromatic heterocycles. The van der Waals surface area contributed by atoms with Crippen LogP contribution in [0.4, 0.5) is 4.79 Å². The zero-order valence-electron chi connectivity index (χ0n) is 7.09. The average Bonchev–Trinajstić information content (AvgIpc) is 2.04. The van der Waals surface area contributed by atoms with Crippen molar-refractivity contribution in [3.8, 4) is 0 Å². The van der Waals surface area contributed by atoms with E-state index in [9.17, 15) is 9.59 Å². The van der Waals surface area contributed by atoms with Crippen molar-refractivity contribution in [2.24, 2.45) is 5.84 Å². The van der Waals surface area contributed by atoms with Crippen molar-refractivity contribution in [3.63, 3.8) is 0 Å². The number of urea groups is 1. The summed E-state index contributed by atoms with van der Waals surface area (Å²) >= 11 is 0. The number of carbonyl (C=O) groups excluding carboxylic acids is 2. The van der Waals surface area contributed by atoms with Crippen molar-refractivity contribution in [2.45, 2.75) is 19.9 Å². The van der Waals surface area contributed by atoms with E-state index in [4.69, 9.17) is 5.84 Å². The van der Waals surface area contributed by atoms with Gasteiger partial charge in [-0.15, -0.1) is 0 Å². The Kier molecular flexibility index (Phi) is 4.78. The molecule has 0 fully saturated rings. The number of nitrogens with one attached hydrogen (secondary N) is 2. The lowest BCUT2D eigenvalue weighted by Crippen LogP contribution is -2.47. The molecule has 0 aromatic rings. The monoisotopic (exact) mass is 175 g/mol. The van der Waals surface area contributed by atoms with E-state index in [2.05, 4.69) is 10.1 Å². The Morgan fingerprint density at radius 2 is 2.17 bits per heavy atom. The van der Waals surface area contributed by atoms with E-state index < -0.39 is 18.0 Å². The summed E-state index contributed by atoms with van der Waals surface area (Å²) in [7, 11) is 0. The molecule has 70 valence electrons. The van der Waals surface area contributed by atoms with Crippen molar-refractivity contribution in [3.05, 3.63) is 0 Å². The van der Waals surface area contributed by atoms with Gasteiger partial charge in [-0.25, -0.2) is 15.4 Å². The molecule has 1 unspecified atom stereocenters. The maximum atomic E-state index is 10.9. The fourth-order valence-electron chi connectivity index (χ4n) is 0.564. The van der Waals surface area contributed by atoms with Crippen molar-refractivity contribution in [2.75, 3.05) is 6.61 Å². The van der Waals surface area contributed by atoms with E-state index in [-0.39, 0.29) is 6.61 Å². The fraction of sp³-hybridized carbons (Fsp3) is 0.667. The molecule has 0 bridgehead atoms. The van der Waals surface area contributed by atoms with Gasteiger partial charge in [0.25, 0.3) is 0 Å². The first-order valence-corrected chi connectivity index (χ1v) is 3.55. The Hall–Kier alpha value is -1.30. The largest absolute Gasteiger partial charge is 0.464 e. The van der Waals surface area contributed by atoms with Gasteiger partial charge in [0.1, 0.15) is 6.04 Å². The molecule has 0 spiro atoms. The smallest absolute Gasteiger partial charge is 0.329 e. The first kappa shape index (κ1) is 10.7. The van der Waals surface area contributed by atoms with Crippen LogP contribution in [0, 0.1) is 0 Å². The van der Waals surface area contributed by atoms with E-state index in [0.717, 1.165) is 0 Å². The van der Waals surface area contributed by atoms with Crippen LogP contribution in [-0.2, 0) is 9.53 Å². The Labute approximate surface area is 70.4 Å². The van der Waals surface area contributed by atoms with Gasteiger partial charge in [0, 0.05) is 0 Å². The lowest BCUT2D eigenvalue weighted by Gasteiger charge is -2.11. The van der Waals surface area contributed by atoms with Crippen molar-refractivity contribution < 1.29 is 14.3 Å². The number of hydrogen-bond acceptors (Lipinski definition) is 4. The summed E-state index contributed by atoms with van der Waals surface area (Å²) in [6, 6.07) is -1.30. The van der Waals surface area contributed by atoms with Crippen LogP contribution in [0.15, 0.2) is 0 Å². The van der Waals surface area contributed by atoms with E-state index >= 15 is 0 Å². The molecule has 0 radical (unpaired) electrons.